The summed E-state index contributed by atoms with van der Waals surface area (Å²) in [4.78, 5) is 36.3. The first-order valence-electron chi connectivity index (χ1n) is 8.78. The van der Waals surface area contributed by atoms with Crippen molar-refractivity contribution >= 4 is 28.5 Å². The van der Waals surface area contributed by atoms with E-state index in [-0.39, 0.29) is 18.0 Å². The number of amides is 1. The number of esters is 1. The van der Waals surface area contributed by atoms with Gasteiger partial charge in [-0.05, 0) is 50.2 Å². The third kappa shape index (κ3) is 3.92. The lowest BCUT2D eigenvalue weighted by molar-refractivity contribution is -0.116. The maximum absolute atomic E-state index is 12.3. The average molecular weight is 367 g/mol. The molecule has 0 saturated carbocycles. The van der Waals surface area contributed by atoms with E-state index in [4.69, 9.17) is 4.74 Å². The Morgan fingerprint density at radius 3 is 2.37 bits per heavy atom. The van der Waals surface area contributed by atoms with E-state index in [2.05, 4.69) is 5.32 Å². The number of nitrogens with one attached hydrogen (secondary N) is 1. The molecule has 0 aliphatic rings. The molecule has 1 amide bonds. The van der Waals surface area contributed by atoms with E-state index in [1.807, 2.05) is 13.0 Å². The Hall–Kier alpha value is -3.35. The number of rotatable bonds is 6. The predicted octanol–water partition coefficient (Wildman–Crippen LogP) is 2.64. The minimum absolute atomic E-state index is 0.0660. The summed E-state index contributed by atoms with van der Waals surface area (Å²) >= 11 is 0. The van der Waals surface area contributed by atoms with Crippen LogP contribution in [0.4, 0.5) is 5.69 Å². The van der Waals surface area contributed by atoms with Crippen molar-refractivity contribution in [2.24, 2.45) is 0 Å². The molecule has 7 nitrogen and oxygen atoms in total. The van der Waals surface area contributed by atoms with Crippen molar-refractivity contribution in [2.45, 2.75) is 26.9 Å². The first kappa shape index (κ1) is 18.4. The summed E-state index contributed by atoms with van der Waals surface area (Å²) in [7, 11) is 0. The number of anilines is 1. The zero-order chi connectivity index (χ0) is 19.4. The fourth-order valence-electron chi connectivity index (χ4n) is 2.88. The number of nitrogens with zero attached hydrogens (tertiary/aromatic N) is 2. The Kier molecular flexibility index (Phi) is 5.40. The summed E-state index contributed by atoms with van der Waals surface area (Å²) in [5, 5.41) is 3.37. The molecule has 0 fully saturated rings. The van der Waals surface area contributed by atoms with Gasteiger partial charge in [0.05, 0.1) is 23.1 Å². The van der Waals surface area contributed by atoms with Crippen molar-refractivity contribution in [1.29, 1.82) is 0 Å². The van der Waals surface area contributed by atoms with Gasteiger partial charge in [0.2, 0.25) is 5.91 Å². The molecule has 0 atom stereocenters. The van der Waals surface area contributed by atoms with Crippen LogP contribution in [0.2, 0.25) is 0 Å². The average Bonchev–Trinajstić information content (AvgIpc) is 3.06. The Bertz CT molecular complexity index is 1030. The topological polar surface area (TPSA) is 82.3 Å². The molecule has 0 aliphatic carbocycles. The molecule has 2 aromatic heterocycles. The fourth-order valence-corrected chi connectivity index (χ4v) is 2.88. The third-order valence-corrected chi connectivity index (χ3v) is 4.24. The van der Waals surface area contributed by atoms with Gasteiger partial charge in [0.1, 0.15) is 6.54 Å². The van der Waals surface area contributed by atoms with E-state index in [1.165, 1.54) is 0 Å². The van der Waals surface area contributed by atoms with Crippen LogP contribution in [0.3, 0.4) is 0 Å². The number of hydrogen-bond acceptors (Lipinski definition) is 4. The van der Waals surface area contributed by atoms with Gasteiger partial charge >= 0.3 is 5.97 Å². The van der Waals surface area contributed by atoms with E-state index in [0.717, 1.165) is 5.52 Å². The second kappa shape index (κ2) is 7.90. The second-order valence-corrected chi connectivity index (χ2v) is 6.00. The number of ether oxygens (including phenoxy) is 1. The molecule has 27 heavy (non-hydrogen) atoms. The summed E-state index contributed by atoms with van der Waals surface area (Å²) in [6.45, 7) is 4.65. The highest BCUT2D eigenvalue weighted by molar-refractivity contribution is 5.93. The van der Waals surface area contributed by atoms with Crippen LogP contribution in [-0.2, 0) is 22.6 Å². The molecule has 140 valence electrons. The highest BCUT2D eigenvalue weighted by Gasteiger charge is 2.11. The monoisotopic (exact) mass is 367 g/mol. The van der Waals surface area contributed by atoms with Crippen LogP contribution >= 0.6 is 0 Å². The van der Waals surface area contributed by atoms with Crippen molar-refractivity contribution in [2.75, 3.05) is 11.9 Å². The number of aryl methyl sites for hydroxylation is 1. The minimum Gasteiger partial charge on any atom is -0.462 e. The van der Waals surface area contributed by atoms with E-state index < -0.39 is 5.97 Å². The minimum atomic E-state index is -0.396. The van der Waals surface area contributed by atoms with Gasteiger partial charge in [0.15, 0.2) is 0 Å². The van der Waals surface area contributed by atoms with Crippen molar-refractivity contribution < 1.29 is 14.3 Å². The largest absolute Gasteiger partial charge is 0.462 e. The van der Waals surface area contributed by atoms with Gasteiger partial charge in [0, 0.05) is 24.6 Å². The Labute approximate surface area is 156 Å². The van der Waals surface area contributed by atoms with E-state index in [9.17, 15) is 14.4 Å². The predicted molar refractivity (Wildman–Crippen MR) is 103 cm³/mol. The number of aromatic nitrogens is 2. The standard InChI is InChI=1S/C20H21N3O4/c1-3-22-12-10-17-16(19(22)25)9-11-23(17)13-18(24)21-15-7-5-14(6-8-15)20(26)27-4-2/h5-12H,3-4,13H2,1-2H3,(H,21,24). The summed E-state index contributed by atoms with van der Waals surface area (Å²) in [5.74, 6) is -0.622. The normalized spacial score (nSPS) is 10.7. The zero-order valence-corrected chi connectivity index (χ0v) is 15.3. The first-order valence-corrected chi connectivity index (χ1v) is 8.78. The molecular weight excluding hydrogens is 346 g/mol. The van der Waals surface area contributed by atoms with E-state index >= 15 is 0 Å². The lowest BCUT2D eigenvalue weighted by atomic mass is 10.2. The van der Waals surface area contributed by atoms with Gasteiger partial charge in [-0.3, -0.25) is 9.59 Å². The Morgan fingerprint density at radius 2 is 1.70 bits per heavy atom. The maximum Gasteiger partial charge on any atom is 0.338 e. The van der Waals surface area contributed by atoms with Gasteiger partial charge in [-0.25, -0.2) is 4.79 Å². The van der Waals surface area contributed by atoms with Crippen LogP contribution in [0.5, 0.6) is 0 Å². The van der Waals surface area contributed by atoms with Crippen molar-refractivity contribution in [3.8, 4) is 0 Å². The number of fused-ring (bicyclic) bond motifs is 1. The van der Waals surface area contributed by atoms with Crippen LogP contribution < -0.4 is 10.9 Å². The summed E-state index contributed by atoms with van der Waals surface area (Å²) in [6.07, 6.45) is 3.46. The Morgan fingerprint density at radius 1 is 1.00 bits per heavy atom. The van der Waals surface area contributed by atoms with Crippen molar-refractivity contribution in [3.63, 3.8) is 0 Å². The lowest BCUT2D eigenvalue weighted by Gasteiger charge is -2.09. The SMILES string of the molecule is CCOC(=O)c1ccc(NC(=O)Cn2ccc3c(=O)n(CC)ccc32)cc1. The highest BCUT2D eigenvalue weighted by Crippen LogP contribution is 2.14. The molecule has 1 aromatic carbocycles. The molecule has 0 radical (unpaired) electrons. The van der Waals surface area contributed by atoms with Gasteiger partial charge in [-0.2, -0.15) is 0 Å². The first-order chi connectivity index (χ1) is 13.0. The number of carbonyl (C=O) groups is 2. The maximum atomic E-state index is 12.3. The second-order valence-electron chi connectivity index (χ2n) is 6.00. The smallest absolute Gasteiger partial charge is 0.338 e. The molecule has 0 spiro atoms. The number of benzene rings is 1. The molecule has 0 saturated heterocycles. The molecule has 0 unspecified atom stereocenters. The molecule has 3 rings (SSSR count). The molecule has 3 aromatic rings. The van der Waals surface area contributed by atoms with Gasteiger partial charge in [0.25, 0.3) is 5.56 Å². The van der Waals surface area contributed by atoms with Gasteiger partial charge in [-0.1, -0.05) is 0 Å². The van der Waals surface area contributed by atoms with Gasteiger partial charge < -0.3 is 19.2 Å². The quantitative estimate of drug-likeness (QED) is 0.679. The summed E-state index contributed by atoms with van der Waals surface area (Å²) in [6, 6.07) is 10.1. The summed E-state index contributed by atoms with van der Waals surface area (Å²) in [5.41, 5.74) is 1.66. The number of hydrogen-bond donors (Lipinski definition) is 1. The molecule has 0 aliphatic heterocycles. The molecule has 1 N–H and O–H groups in total. The molecular formula is C20H21N3O4. The zero-order valence-electron chi connectivity index (χ0n) is 15.3. The van der Waals surface area contributed by atoms with E-state index in [0.29, 0.717) is 29.8 Å². The van der Waals surface area contributed by atoms with Crippen LogP contribution in [-0.4, -0.2) is 27.6 Å². The lowest BCUT2D eigenvalue weighted by Crippen LogP contribution is -2.20. The highest BCUT2D eigenvalue weighted by atomic mass is 16.5. The summed E-state index contributed by atoms with van der Waals surface area (Å²) < 4.78 is 8.29. The number of carbonyl (C=O) groups excluding carboxylic acids is 2. The van der Waals surface area contributed by atoms with Crippen molar-refractivity contribution in [1.82, 2.24) is 9.13 Å². The molecule has 2 heterocycles. The molecule has 0 bridgehead atoms. The van der Waals surface area contributed by atoms with E-state index in [1.54, 1.807) is 58.8 Å². The van der Waals surface area contributed by atoms with Crippen molar-refractivity contribution in [3.05, 3.63) is 64.7 Å². The third-order valence-electron chi connectivity index (χ3n) is 4.24. The van der Waals surface area contributed by atoms with Crippen LogP contribution in [0.25, 0.3) is 10.9 Å². The van der Waals surface area contributed by atoms with Crippen LogP contribution in [0.1, 0.15) is 24.2 Å². The molecule has 7 heteroatoms. The number of pyridine rings is 1. The fraction of sp³-hybridized carbons (Fsp3) is 0.250. The van der Waals surface area contributed by atoms with Crippen LogP contribution in [0.15, 0.2) is 53.6 Å². The van der Waals surface area contributed by atoms with Crippen LogP contribution in [0, 0.1) is 0 Å². The Balaban J connectivity index is 1.71. The van der Waals surface area contributed by atoms with Gasteiger partial charge in [-0.15, -0.1) is 0 Å².